The Labute approximate surface area is 185 Å². The Balaban J connectivity index is 0.00000392. The van der Waals surface area contributed by atoms with E-state index in [2.05, 4.69) is 65.8 Å². The zero-order valence-electron chi connectivity index (χ0n) is 17.1. The van der Waals surface area contributed by atoms with Gasteiger partial charge < -0.3 is 24.7 Å². The second kappa shape index (κ2) is 14.4. The van der Waals surface area contributed by atoms with Crippen LogP contribution in [-0.4, -0.2) is 44.7 Å². The Bertz CT molecular complexity index is 658. The molecule has 0 aliphatic heterocycles. The molecule has 6 nitrogen and oxygen atoms in total. The van der Waals surface area contributed by atoms with Gasteiger partial charge in [-0.3, -0.25) is 0 Å². The molecule has 0 fully saturated rings. The fourth-order valence-corrected chi connectivity index (χ4v) is 2.58. The molecule has 0 unspecified atom stereocenters. The predicted octanol–water partition coefficient (Wildman–Crippen LogP) is 3.62. The normalized spacial score (nSPS) is 11.4. The highest BCUT2D eigenvalue weighted by molar-refractivity contribution is 14.0. The summed E-state index contributed by atoms with van der Waals surface area (Å²) in [6.07, 6.45) is 2.57. The smallest absolute Gasteiger partial charge is 0.191 e. The third-order valence-corrected chi connectivity index (χ3v) is 3.87. The van der Waals surface area contributed by atoms with Crippen LogP contribution in [0.15, 0.2) is 52.1 Å². The van der Waals surface area contributed by atoms with Crippen LogP contribution in [0.3, 0.4) is 0 Å². The van der Waals surface area contributed by atoms with Crippen LogP contribution >= 0.6 is 24.0 Å². The van der Waals surface area contributed by atoms with Crippen molar-refractivity contribution < 1.29 is 9.15 Å². The van der Waals surface area contributed by atoms with Gasteiger partial charge in [-0.2, -0.15) is 0 Å². The van der Waals surface area contributed by atoms with Crippen LogP contribution in [0.4, 0.5) is 0 Å². The van der Waals surface area contributed by atoms with Gasteiger partial charge in [-0.25, -0.2) is 4.99 Å². The number of hydrogen-bond donors (Lipinski definition) is 2. The lowest BCUT2D eigenvalue weighted by Gasteiger charge is -2.12. The average Bonchev–Trinajstić information content (AvgIpc) is 3.16. The summed E-state index contributed by atoms with van der Waals surface area (Å²) in [5.74, 6) is 1.69. The molecule has 1 aromatic carbocycles. The molecule has 2 N–H and O–H groups in total. The van der Waals surface area contributed by atoms with Gasteiger partial charge in [0, 0.05) is 26.2 Å². The third kappa shape index (κ3) is 10.1. The number of nitrogens with one attached hydrogen (secondary N) is 2. The van der Waals surface area contributed by atoms with E-state index in [-0.39, 0.29) is 24.0 Å². The summed E-state index contributed by atoms with van der Waals surface area (Å²) >= 11 is 0. The van der Waals surface area contributed by atoms with Gasteiger partial charge in [-0.15, -0.1) is 24.0 Å². The number of halogens is 1. The molecule has 2 aromatic rings. The van der Waals surface area contributed by atoms with Crippen molar-refractivity contribution >= 4 is 29.9 Å². The standard InChI is InChI=1S/C21H32N4O2.HI/c1-4-22-21(23-12-6-13-26-17-20-7-5-14-27-20)24-15-18-8-10-19(11-9-18)16-25(2)3;/h5,7-11,14H,4,6,12-13,15-17H2,1-3H3,(H2,22,23,24);1H. The van der Waals surface area contributed by atoms with Gasteiger partial charge in [0.2, 0.25) is 0 Å². The van der Waals surface area contributed by atoms with Crippen molar-refractivity contribution in [3.05, 3.63) is 59.5 Å². The fourth-order valence-electron chi connectivity index (χ4n) is 2.58. The summed E-state index contributed by atoms with van der Waals surface area (Å²) in [5.41, 5.74) is 2.52. The third-order valence-electron chi connectivity index (χ3n) is 3.87. The molecule has 0 radical (unpaired) electrons. The molecule has 156 valence electrons. The minimum atomic E-state index is 0. The van der Waals surface area contributed by atoms with Crippen molar-refractivity contribution in [3.63, 3.8) is 0 Å². The molecule has 0 bridgehead atoms. The van der Waals surface area contributed by atoms with Gasteiger partial charge in [-0.05, 0) is 50.7 Å². The molecular weight excluding hydrogens is 467 g/mol. The number of aliphatic imine (C=N–C) groups is 1. The molecular formula is C21H33IN4O2. The topological polar surface area (TPSA) is 62.0 Å². The van der Waals surface area contributed by atoms with E-state index in [1.165, 1.54) is 11.1 Å². The second-order valence-electron chi connectivity index (χ2n) is 6.66. The molecule has 7 heteroatoms. The predicted molar refractivity (Wildman–Crippen MR) is 125 cm³/mol. The zero-order chi connectivity index (χ0) is 19.3. The maximum Gasteiger partial charge on any atom is 0.191 e. The molecule has 0 aliphatic rings. The maximum atomic E-state index is 5.59. The van der Waals surface area contributed by atoms with E-state index in [0.29, 0.717) is 19.8 Å². The summed E-state index contributed by atoms with van der Waals surface area (Å²) < 4.78 is 10.8. The first-order valence-electron chi connectivity index (χ1n) is 9.52. The summed E-state index contributed by atoms with van der Waals surface area (Å²) in [6, 6.07) is 12.4. The summed E-state index contributed by atoms with van der Waals surface area (Å²) in [7, 11) is 4.16. The van der Waals surface area contributed by atoms with Crippen molar-refractivity contribution in [2.45, 2.75) is 33.0 Å². The largest absolute Gasteiger partial charge is 0.467 e. The van der Waals surface area contributed by atoms with Crippen LogP contribution in [0.25, 0.3) is 0 Å². The molecule has 0 spiro atoms. The monoisotopic (exact) mass is 500 g/mol. The van der Waals surface area contributed by atoms with Crippen molar-refractivity contribution in [2.75, 3.05) is 33.8 Å². The lowest BCUT2D eigenvalue weighted by molar-refractivity contribution is 0.105. The van der Waals surface area contributed by atoms with E-state index in [1.807, 2.05) is 12.1 Å². The lowest BCUT2D eigenvalue weighted by atomic mass is 10.1. The SMILES string of the molecule is CCNC(=NCc1ccc(CN(C)C)cc1)NCCCOCc1ccco1.I. The number of guanidine groups is 1. The van der Waals surface area contributed by atoms with Crippen LogP contribution in [0.1, 0.15) is 30.2 Å². The van der Waals surface area contributed by atoms with Gasteiger partial charge in [0.15, 0.2) is 5.96 Å². The highest BCUT2D eigenvalue weighted by Gasteiger charge is 2.00. The van der Waals surface area contributed by atoms with Gasteiger partial charge in [-0.1, -0.05) is 24.3 Å². The summed E-state index contributed by atoms with van der Waals surface area (Å²) in [4.78, 5) is 6.83. The van der Waals surface area contributed by atoms with Crippen LogP contribution in [0, 0.1) is 0 Å². The Kier molecular flexibility index (Phi) is 12.6. The minimum absolute atomic E-state index is 0. The van der Waals surface area contributed by atoms with E-state index in [0.717, 1.165) is 37.8 Å². The van der Waals surface area contributed by atoms with E-state index in [9.17, 15) is 0 Å². The van der Waals surface area contributed by atoms with Gasteiger partial charge in [0.25, 0.3) is 0 Å². The molecule has 1 aromatic heterocycles. The molecule has 0 aliphatic carbocycles. The summed E-state index contributed by atoms with van der Waals surface area (Å²) in [6.45, 7) is 6.53. The first kappa shape index (κ1) is 24.5. The number of rotatable bonds is 11. The average molecular weight is 500 g/mol. The van der Waals surface area contributed by atoms with Crippen LogP contribution in [0.2, 0.25) is 0 Å². The Morgan fingerprint density at radius 1 is 1.11 bits per heavy atom. The van der Waals surface area contributed by atoms with E-state index in [1.54, 1.807) is 6.26 Å². The van der Waals surface area contributed by atoms with Gasteiger partial charge in [0.1, 0.15) is 12.4 Å². The first-order valence-corrected chi connectivity index (χ1v) is 9.52. The van der Waals surface area contributed by atoms with E-state index >= 15 is 0 Å². The number of benzene rings is 1. The Morgan fingerprint density at radius 3 is 2.50 bits per heavy atom. The first-order chi connectivity index (χ1) is 13.2. The summed E-state index contributed by atoms with van der Waals surface area (Å²) in [5, 5.41) is 6.63. The van der Waals surface area contributed by atoms with E-state index < -0.39 is 0 Å². The highest BCUT2D eigenvalue weighted by Crippen LogP contribution is 2.07. The highest BCUT2D eigenvalue weighted by atomic mass is 127. The number of furan rings is 1. The van der Waals surface area contributed by atoms with Crippen LogP contribution < -0.4 is 10.6 Å². The maximum absolute atomic E-state index is 5.59. The zero-order valence-corrected chi connectivity index (χ0v) is 19.4. The second-order valence-corrected chi connectivity index (χ2v) is 6.66. The van der Waals surface area contributed by atoms with Crippen molar-refractivity contribution in [1.29, 1.82) is 0 Å². The molecule has 28 heavy (non-hydrogen) atoms. The molecule has 0 saturated heterocycles. The Hall–Kier alpha value is -1.58. The molecule has 2 rings (SSSR count). The van der Waals surface area contributed by atoms with Crippen LogP contribution in [0.5, 0.6) is 0 Å². The van der Waals surface area contributed by atoms with Gasteiger partial charge in [0.05, 0.1) is 12.8 Å². The fraction of sp³-hybridized carbons (Fsp3) is 0.476. The van der Waals surface area contributed by atoms with Crippen molar-refractivity contribution in [2.24, 2.45) is 4.99 Å². The molecule has 0 atom stereocenters. The van der Waals surface area contributed by atoms with E-state index in [4.69, 9.17) is 9.15 Å². The van der Waals surface area contributed by atoms with Crippen molar-refractivity contribution in [3.8, 4) is 0 Å². The lowest BCUT2D eigenvalue weighted by Crippen LogP contribution is -2.38. The van der Waals surface area contributed by atoms with Gasteiger partial charge >= 0.3 is 0 Å². The molecule has 1 heterocycles. The minimum Gasteiger partial charge on any atom is -0.467 e. The van der Waals surface area contributed by atoms with Crippen LogP contribution in [-0.2, 0) is 24.4 Å². The number of hydrogen-bond acceptors (Lipinski definition) is 4. The van der Waals surface area contributed by atoms with Crippen molar-refractivity contribution in [1.82, 2.24) is 15.5 Å². The Morgan fingerprint density at radius 2 is 1.86 bits per heavy atom. The molecule has 0 saturated carbocycles. The number of ether oxygens (including phenoxy) is 1. The number of nitrogens with zero attached hydrogens (tertiary/aromatic N) is 2. The molecule has 0 amide bonds. The quantitative estimate of drug-likeness (QED) is 0.214.